The standard InChI is InChI=1S/C19H19N9O/c1-25(19(29)15-7-9-21-26(15)2)14-11-27(12-14)17-6-5-16-22-23-18(28(16)24-17)13-4-3-8-20-10-13/h3-10,14H,11-12H2,1-2H3. The number of aryl methyl sites for hydroxylation is 1. The van der Waals surface area contributed by atoms with Crippen molar-refractivity contribution in [3.63, 3.8) is 0 Å². The molecule has 0 radical (unpaired) electrons. The fraction of sp³-hybridized carbons (Fsp3) is 0.263. The number of hydrogen-bond acceptors (Lipinski definition) is 7. The molecule has 1 aliphatic rings. The summed E-state index contributed by atoms with van der Waals surface area (Å²) in [7, 11) is 3.60. The monoisotopic (exact) mass is 389 g/mol. The van der Waals surface area contributed by atoms with Crippen LogP contribution in [0.5, 0.6) is 0 Å². The van der Waals surface area contributed by atoms with E-state index in [-0.39, 0.29) is 11.9 Å². The average molecular weight is 389 g/mol. The van der Waals surface area contributed by atoms with Crippen LogP contribution in [0.25, 0.3) is 17.0 Å². The van der Waals surface area contributed by atoms with E-state index < -0.39 is 0 Å². The zero-order valence-corrected chi connectivity index (χ0v) is 16.0. The lowest BCUT2D eigenvalue weighted by Crippen LogP contribution is -2.60. The maximum absolute atomic E-state index is 12.7. The maximum Gasteiger partial charge on any atom is 0.272 e. The molecule has 10 nitrogen and oxygen atoms in total. The van der Waals surface area contributed by atoms with Crippen molar-refractivity contribution >= 4 is 17.4 Å². The van der Waals surface area contributed by atoms with Gasteiger partial charge in [-0.1, -0.05) is 0 Å². The minimum Gasteiger partial charge on any atom is -0.351 e. The molecule has 1 fully saturated rings. The van der Waals surface area contributed by atoms with E-state index in [1.165, 1.54) is 0 Å². The maximum atomic E-state index is 12.7. The van der Waals surface area contributed by atoms with E-state index in [1.54, 1.807) is 45.8 Å². The quantitative estimate of drug-likeness (QED) is 0.511. The zero-order valence-electron chi connectivity index (χ0n) is 16.0. The molecule has 10 heteroatoms. The molecular formula is C19H19N9O. The van der Waals surface area contributed by atoms with Crippen LogP contribution >= 0.6 is 0 Å². The smallest absolute Gasteiger partial charge is 0.272 e. The number of likely N-dealkylation sites (N-methyl/N-ethyl adjacent to an activating group) is 1. The lowest BCUT2D eigenvalue weighted by molar-refractivity contribution is 0.0694. The highest BCUT2D eigenvalue weighted by atomic mass is 16.2. The highest BCUT2D eigenvalue weighted by molar-refractivity contribution is 5.92. The summed E-state index contributed by atoms with van der Waals surface area (Å²) in [6.45, 7) is 1.42. The van der Waals surface area contributed by atoms with Crippen molar-refractivity contribution in [1.82, 2.24) is 39.5 Å². The number of nitrogens with zero attached hydrogens (tertiary/aromatic N) is 9. The third-order valence-corrected chi connectivity index (χ3v) is 5.26. The summed E-state index contributed by atoms with van der Waals surface area (Å²) in [6, 6.07) is 9.46. The van der Waals surface area contributed by atoms with Gasteiger partial charge in [-0.25, -0.2) is 0 Å². The number of fused-ring (bicyclic) bond motifs is 1. The second-order valence-electron chi connectivity index (χ2n) is 7.04. The second-order valence-corrected chi connectivity index (χ2v) is 7.04. The van der Waals surface area contributed by atoms with E-state index in [4.69, 9.17) is 5.10 Å². The van der Waals surface area contributed by atoms with Crippen molar-refractivity contribution in [2.24, 2.45) is 7.05 Å². The van der Waals surface area contributed by atoms with Gasteiger partial charge in [-0.2, -0.15) is 9.61 Å². The van der Waals surface area contributed by atoms with Crippen LogP contribution in [-0.4, -0.2) is 71.6 Å². The van der Waals surface area contributed by atoms with Gasteiger partial charge >= 0.3 is 0 Å². The molecule has 146 valence electrons. The first-order valence-corrected chi connectivity index (χ1v) is 9.25. The number of rotatable bonds is 4. The SMILES string of the molecule is CN(C(=O)c1ccnn1C)C1CN(c2ccc3nnc(-c4cccnc4)n3n2)C1. The Bertz CT molecular complexity index is 1180. The molecule has 1 saturated heterocycles. The van der Waals surface area contributed by atoms with Crippen molar-refractivity contribution < 1.29 is 4.79 Å². The lowest BCUT2D eigenvalue weighted by atomic mass is 10.1. The number of pyridine rings is 1. The van der Waals surface area contributed by atoms with Gasteiger partial charge in [-0.3, -0.25) is 14.5 Å². The molecule has 0 atom stereocenters. The van der Waals surface area contributed by atoms with Crippen LogP contribution in [0.3, 0.4) is 0 Å². The minimum absolute atomic E-state index is 0.0317. The molecule has 0 aromatic carbocycles. The Hall–Kier alpha value is -3.82. The van der Waals surface area contributed by atoms with Crippen LogP contribution in [-0.2, 0) is 7.05 Å². The summed E-state index contributed by atoms with van der Waals surface area (Å²) in [4.78, 5) is 20.7. The van der Waals surface area contributed by atoms with Crippen LogP contribution in [0.2, 0.25) is 0 Å². The van der Waals surface area contributed by atoms with E-state index >= 15 is 0 Å². The highest BCUT2D eigenvalue weighted by Crippen LogP contribution is 2.24. The molecule has 0 saturated carbocycles. The molecule has 0 bridgehead atoms. The van der Waals surface area contributed by atoms with Crippen molar-refractivity contribution in [3.8, 4) is 11.4 Å². The van der Waals surface area contributed by atoms with E-state index in [0.29, 0.717) is 30.3 Å². The Morgan fingerprint density at radius 2 is 2.00 bits per heavy atom. The molecule has 5 rings (SSSR count). The van der Waals surface area contributed by atoms with Gasteiger partial charge in [0.2, 0.25) is 0 Å². The summed E-state index contributed by atoms with van der Waals surface area (Å²) in [5.74, 6) is 1.44. The summed E-state index contributed by atoms with van der Waals surface area (Å²) in [6.07, 6.45) is 5.09. The van der Waals surface area contributed by atoms with Crippen LogP contribution in [0.15, 0.2) is 48.9 Å². The highest BCUT2D eigenvalue weighted by Gasteiger charge is 2.34. The van der Waals surface area contributed by atoms with Crippen LogP contribution in [0.1, 0.15) is 10.5 Å². The normalized spacial score (nSPS) is 14.2. The van der Waals surface area contributed by atoms with Crippen molar-refractivity contribution in [2.45, 2.75) is 6.04 Å². The van der Waals surface area contributed by atoms with Crippen molar-refractivity contribution in [3.05, 3.63) is 54.6 Å². The van der Waals surface area contributed by atoms with E-state index in [9.17, 15) is 4.79 Å². The van der Waals surface area contributed by atoms with Crippen LogP contribution in [0, 0.1) is 0 Å². The Labute approximate surface area is 166 Å². The molecule has 1 amide bonds. The minimum atomic E-state index is -0.0317. The van der Waals surface area contributed by atoms with Gasteiger partial charge in [0.05, 0.1) is 6.04 Å². The van der Waals surface area contributed by atoms with E-state index in [1.807, 2.05) is 31.3 Å². The molecule has 4 aromatic heterocycles. The number of carbonyl (C=O) groups is 1. The number of anilines is 1. The van der Waals surface area contributed by atoms with Gasteiger partial charge in [0.25, 0.3) is 5.91 Å². The topological polar surface area (TPSA) is 97.3 Å². The molecular weight excluding hydrogens is 370 g/mol. The second kappa shape index (κ2) is 6.66. The third kappa shape index (κ3) is 2.89. The van der Waals surface area contributed by atoms with Gasteiger partial charge in [-0.15, -0.1) is 15.3 Å². The molecule has 29 heavy (non-hydrogen) atoms. The van der Waals surface area contributed by atoms with Crippen molar-refractivity contribution in [2.75, 3.05) is 25.0 Å². The summed E-state index contributed by atoms with van der Waals surface area (Å²) in [5.41, 5.74) is 2.11. The first-order valence-electron chi connectivity index (χ1n) is 9.25. The number of aromatic nitrogens is 7. The number of hydrogen-bond donors (Lipinski definition) is 0. The molecule has 0 aliphatic carbocycles. The molecule has 1 aliphatic heterocycles. The van der Waals surface area contributed by atoms with Crippen molar-refractivity contribution in [1.29, 1.82) is 0 Å². The number of carbonyl (C=O) groups excluding carboxylic acids is 1. The van der Waals surface area contributed by atoms with Gasteiger partial charge in [0.1, 0.15) is 11.5 Å². The molecule has 4 aromatic rings. The Morgan fingerprint density at radius 3 is 2.72 bits per heavy atom. The predicted octanol–water partition coefficient (Wildman–Crippen LogP) is 0.881. The molecule has 0 N–H and O–H groups in total. The molecule has 5 heterocycles. The predicted molar refractivity (Wildman–Crippen MR) is 105 cm³/mol. The van der Waals surface area contributed by atoms with Gasteiger partial charge < -0.3 is 9.80 Å². The lowest BCUT2D eigenvalue weighted by Gasteiger charge is -2.44. The number of amides is 1. The van der Waals surface area contributed by atoms with Crippen LogP contribution in [0.4, 0.5) is 5.82 Å². The van der Waals surface area contributed by atoms with Gasteiger partial charge in [0.15, 0.2) is 11.5 Å². The summed E-state index contributed by atoms with van der Waals surface area (Å²) < 4.78 is 3.32. The van der Waals surface area contributed by atoms with Gasteiger partial charge in [0, 0.05) is 51.3 Å². The summed E-state index contributed by atoms with van der Waals surface area (Å²) >= 11 is 0. The zero-order chi connectivity index (χ0) is 20.0. The Balaban J connectivity index is 1.34. The van der Waals surface area contributed by atoms with Crippen LogP contribution < -0.4 is 4.90 Å². The first-order chi connectivity index (χ1) is 14.1. The van der Waals surface area contributed by atoms with E-state index in [0.717, 1.165) is 11.4 Å². The first kappa shape index (κ1) is 17.3. The Kier molecular flexibility index (Phi) is 3.97. The van der Waals surface area contributed by atoms with E-state index in [2.05, 4.69) is 25.2 Å². The summed E-state index contributed by atoms with van der Waals surface area (Å²) in [5, 5.41) is 17.2. The third-order valence-electron chi connectivity index (χ3n) is 5.26. The Morgan fingerprint density at radius 1 is 1.14 bits per heavy atom. The molecule has 0 spiro atoms. The fourth-order valence-corrected chi connectivity index (χ4v) is 3.44. The largest absolute Gasteiger partial charge is 0.351 e. The van der Waals surface area contributed by atoms with Gasteiger partial charge in [-0.05, 0) is 30.3 Å². The molecule has 0 unspecified atom stereocenters. The average Bonchev–Trinajstić information content (AvgIpc) is 3.32. The fourth-order valence-electron chi connectivity index (χ4n) is 3.44.